The van der Waals surface area contributed by atoms with Crippen LogP contribution in [0.4, 0.5) is 0 Å². The van der Waals surface area contributed by atoms with E-state index in [9.17, 15) is 4.79 Å². The molecule has 1 aromatic carbocycles. The van der Waals surface area contributed by atoms with Crippen molar-refractivity contribution in [1.29, 1.82) is 0 Å². The van der Waals surface area contributed by atoms with Crippen molar-refractivity contribution in [2.45, 2.75) is 26.1 Å². The minimum Gasteiger partial charge on any atom is -0.492 e. The highest BCUT2D eigenvalue weighted by molar-refractivity contribution is 6.83. The Labute approximate surface area is 133 Å². The first-order valence-electron chi connectivity index (χ1n) is 7.24. The van der Waals surface area contributed by atoms with Crippen LogP contribution in [0.25, 0.3) is 0 Å². The van der Waals surface area contributed by atoms with Crippen LogP contribution < -0.4 is 4.74 Å². The number of rotatable bonds is 6. The van der Waals surface area contributed by atoms with Gasteiger partial charge in [0.25, 0.3) is 0 Å². The number of carbonyl (C=O) groups excluding carboxylic acids is 1. The van der Waals surface area contributed by atoms with Crippen LogP contribution >= 0.6 is 0 Å². The minimum absolute atomic E-state index is 0.383. The zero-order valence-corrected chi connectivity index (χ0v) is 15.0. The van der Waals surface area contributed by atoms with Gasteiger partial charge >= 0.3 is 5.97 Å². The maximum absolute atomic E-state index is 11.6. The van der Waals surface area contributed by atoms with E-state index in [0.717, 1.165) is 12.0 Å². The Hall–Kier alpha value is -1.77. The summed E-state index contributed by atoms with van der Waals surface area (Å²) in [6.07, 6.45) is 0.778. The second-order valence-corrected chi connectivity index (χ2v) is 10.6. The number of ether oxygens (including phenoxy) is 3. The predicted molar refractivity (Wildman–Crippen MR) is 90.0 cm³/mol. The largest absolute Gasteiger partial charge is 0.492 e. The van der Waals surface area contributed by atoms with E-state index < -0.39 is 8.07 Å². The van der Waals surface area contributed by atoms with Crippen molar-refractivity contribution in [3.05, 3.63) is 29.3 Å². The summed E-state index contributed by atoms with van der Waals surface area (Å²) in [5, 5.41) is 0. The van der Waals surface area contributed by atoms with E-state index >= 15 is 0 Å². The molecule has 0 amide bonds. The lowest BCUT2D eigenvalue weighted by atomic mass is 10.1. The first-order chi connectivity index (χ1) is 10.4. The van der Waals surface area contributed by atoms with Gasteiger partial charge in [0.2, 0.25) is 0 Å². The van der Waals surface area contributed by atoms with Crippen molar-refractivity contribution >= 4 is 14.0 Å². The fourth-order valence-corrected chi connectivity index (χ4v) is 2.14. The third-order valence-corrected chi connectivity index (χ3v) is 3.60. The lowest BCUT2D eigenvalue weighted by molar-refractivity contribution is 0.0600. The van der Waals surface area contributed by atoms with Gasteiger partial charge in [-0.2, -0.15) is 0 Å². The van der Waals surface area contributed by atoms with Gasteiger partial charge in [-0.25, -0.2) is 4.79 Å². The summed E-state index contributed by atoms with van der Waals surface area (Å²) in [7, 11) is 1.54. The Balaban J connectivity index is 3.02. The summed E-state index contributed by atoms with van der Waals surface area (Å²) in [5.74, 6) is 3.41. The number of carbonyl (C=O) groups is 1. The molecule has 0 aliphatic heterocycles. The van der Waals surface area contributed by atoms with E-state index in [2.05, 4.69) is 31.1 Å². The minimum atomic E-state index is -1.48. The molecule has 0 aliphatic rings. The first kappa shape index (κ1) is 18.3. The van der Waals surface area contributed by atoms with Gasteiger partial charge in [-0.1, -0.05) is 25.6 Å². The van der Waals surface area contributed by atoms with Crippen molar-refractivity contribution in [3.63, 3.8) is 0 Å². The molecule has 0 saturated heterocycles. The highest BCUT2D eigenvalue weighted by atomic mass is 28.3. The van der Waals surface area contributed by atoms with Crippen LogP contribution in [0.2, 0.25) is 19.6 Å². The van der Waals surface area contributed by atoms with Gasteiger partial charge in [0.1, 0.15) is 13.8 Å². The smallest absolute Gasteiger partial charge is 0.337 e. The highest BCUT2D eigenvalue weighted by Gasteiger charge is 2.12. The molecule has 4 nitrogen and oxygen atoms in total. The Morgan fingerprint density at radius 3 is 2.50 bits per heavy atom. The Morgan fingerprint density at radius 1 is 1.18 bits per heavy atom. The van der Waals surface area contributed by atoms with Crippen molar-refractivity contribution < 1.29 is 19.0 Å². The number of esters is 1. The van der Waals surface area contributed by atoms with Crippen molar-refractivity contribution in [1.82, 2.24) is 0 Å². The Kier molecular flexibility index (Phi) is 7.16. The Morgan fingerprint density at radius 2 is 1.91 bits per heavy atom. The van der Waals surface area contributed by atoms with Crippen LogP contribution in [0.5, 0.6) is 5.75 Å². The summed E-state index contributed by atoms with van der Waals surface area (Å²) in [6.45, 7) is 7.69. The molecule has 1 aromatic rings. The van der Waals surface area contributed by atoms with E-state index in [1.165, 1.54) is 7.11 Å². The molecule has 1 rings (SSSR count). The van der Waals surface area contributed by atoms with Gasteiger partial charge in [0, 0.05) is 20.1 Å². The molecule has 0 unspecified atom stereocenters. The van der Waals surface area contributed by atoms with Gasteiger partial charge in [0.05, 0.1) is 24.8 Å². The lowest BCUT2D eigenvalue weighted by Gasteiger charge is -2.10. The molecule has 120 valence electrons. The summed E-state index contributed by atoms with van der Waals surface area (Å²) >= 11 is 0. The van der Waals surface area contributed by atoms with Gasteiger partial charge in [0.15, 0.2) is 0 Å². The average molecular weight is 320 g/mol. The van der Waals surface area contributed by atoms with Crippen molar-refractivity contribution in [2.24, 2.45) is 0 Å². The maximum atomic E-state index is 11.6. The predicted octanol–water partition coefficient (Wildman–Crippen LogP) is 3.12. The van der Waals surface area contributed by atoms with Crippen LogP contribution in [0.15, 0.2) is 18.2 Å². The fourth-order valence-electron chi connectivity index (χ4n) is 1.63. The topological polar surface area (TPSA) is 44.8 Å². The molecule has 5 heteroatoms. The van der Waals surface area contributed by atoms with Crippen LogP contribution in [-0.4, -0.2) is 41.5 Å². The van der Waals surface area contributed by atoms with Crippen LogP contribution in [0, 0.1) is 11.5 Å². The zero-order valence-electron chi connectivity index (χ0n) is 14.0. The van der Waals surface area contributed by atoms with E-state index in [0.29, 0.717) is 24.5 Å². The quantitative estimate of drug-likeness (QED) is 0.350. The van der Waals surface area contributed by atoms with E-state index in [1.807, 2.05) is 6.07 Å². The summed E-state index contributed by atoms with van der Waals surface area (Å²) < 4.78 is 15.5. The maximum Gasteiger partial charge on any atom is 0.337 e. The molecule has 0 heterocycles. The molecular formula is C17H24O4Si. The van der Waals surface area contributed by atoms with Gasteiger partial charge < -0.3 is 14.2 Å². The van der Waals surface area contributed by atoms with Crippen LogP contribution in [-0.2, 0) is 9.47 Å². The monoisotopic (exact) mass is 320 g/mol. The molecule has 0 bridgehead atoms. The van der Waals surface area contributed by atoms with E-state index in [1.54, 1.807) is 19.2 Å². The summed E-state index contributed by atoms with van der Waals surface area (Å²) in [6, 6.07) is 5.21. The van der Waals surface area contributed by atoms with Crippen LogP contribution in [0.1, 0.15) is 22.3 Å². The average Bonchev–Trinajstić information content (AvgIpc) is 2.48. The molecule has 0 radical (unpaired) electrons. The fraction of sp³-hybridized carbons (Fsp3) is 0.471. The normalized spacial score (nSPS) is 10.6. The number of benzene rings is 1. The molecular weight excluding hydrogens is 296 g/mol. The summed E-state index contributed by atoms with van der Waals surface area (Å²) in [4.78, 5) is 11.6. The molecule has 0 spiro atoms. The van der Waals surface area contributed by atoms with Gasteiger partial charge in [-0.05, 0) is 18.2 Å². The van der Waals surface area contributed by atoms with Gasteiger partial charge in [-0.3, -0.25) is 0 Å². The molecule has 0 atom stereocenters. The highest BCUT2D eigenvalue weighted by Crippen LogP contribution is 2.21. The summed E-state index contributed by atoms with van der Waals surface area (Å²) in [5.41, 5.74) is 4.57. The van der Waals surface area contributed by atoms with Gasteiger partial charge in [-0.15, -0.1) is 5.54 Å². The number of hydrogen-bond acceptors (Lipinski definition) is 4. The molecule has 0 fully saturated rings. The molecule has 0 aliphatic carbocycles. The third-order valence-electron chi connectivity index (χ3n) is 2.73. The number of methoxy groups -OCH3 is 2. The standard InChI is InChI=1S/C17H24O4Si/c1-19-10-6-11-21-16-13-15(17(18)20-2)8-7-14(16)9-12-22(3,4)5/h7-8,13H,6,10-11H2,1-5H3. The zero-order chi connectivity index (χ0) is 16.6. The molecule has 22 heavy (non-hydrogen) atoms. The molecule has 0 saturated carbocycles. The van der Waals surface area contributed by atoms with Crippen molar-refractivity contribution in [3.8, 4) is 17.2 Å². The first-order valence-corrected chi connectivity index (χ1v) is 10.7. The Bertz CT molecular complexity index is 564. The van der Waals surface area contributed by atoms with E-state index in [4.69, 9.17) is 14.2 Å². The lowest BCUT2D eigenvalue weighted by Crippen LogP contribution is -2.16. The van der Waals surface area contributed by atoms with Crippen LogP contribution in [0.3, 0.4) is 0 Å². The second kappa shape index (κ2) is 8.62. The molecule has 0 N–H and O–H groups in total. The second-order valence-electron chi connectivity index (χ2n) is 5.90. The SMILES string of the molecule is COCCCOc1cc(C(=O)OC)ccc1C#C[Si](C)(C)C. The third kappa shape index (κ3) is 6.33. The van der Waals surface area contributed by atoms with E-state index in [-0.39, 0.29) is 5.97 Å². The number of hydrogen-bond donors (Lipinski definition) is 0. The van der Waals surface area contributed by atoms with Crippen molar-refractivity contribution in [2.75, 3.05) is 27.4 Å². The molecule has 0 aromatic heterocycles.